The Hall–Kier alpha value is -1.25. The zero-order valence-corrected chi connectivity index (χ0v) is 9.78. The Morgan fingerprint density at radius 2 is 2.12 bits per heavy atom. The molecule has 0 unspecified atom stereocenters. The molecule has 3 heteroatoms. The maximum atomic E-state index is 12.0. The fourth-order valence-corrected chi connectivity index (χ4v) is 2.37. The normalized spacial score (nSPS) is 17.3. The lowest BCUT2D eigenvalue weighted by molar-refractivity contribution is 0.0945. The first-order chi connectivity index (χ1) is 7.75. The quantitative estimate of drug-likeness (QED) is 0.732. The molecule has 1 aromatic heterocycles. The van der Waals surface area contributed by atoms with Gasteiger partial charge in [-0.3, -0.25) is 4.79 Å². The van der Waals surface area contributed by atoms with Crippen LogP contribution in [-0.4, -0.2) is 15.8 Å². The molecule has 0 aromatic carbocycles. The summed E-state index contributed by atoms with van der Waals surface area (Å²) >= 11 is 0. The van der Waals surface area contributed by atoms with Gasteiger partial charge in [0.25, 0.3) is 0 Å². The van der Waals surface area contributed by atoms with Crippen LogP contribution in [-0.2, 0) is 0 Å². The van der Waals surface area contributed by atoms with E-state index in [-0.39, 0.29) is 5.78 Å². The molecule has 1 saturated carbocycles. The van der Waals surface area contributed by atoms with E-state index in [1.54, 1.807) is 12.3 Å². The average molecular weight is 218 g/mol. The zero-order chi connectivity index (χ0) is 11.4. The summed E-state index contributed by atoms with van der Waals surface area (Å²) in [5.74, 6) is 1.43. The lowest BCUT2D eigenvalue weighted by atomic mass is 9.85. The van der Waals surface area contributed by atoms with Crippen LogP contribution in [0.4, 0.5) is 0 Å². The largest absolute Gasteiger partial charge is 0.292 e. The Bertz CT molecular complexity index is 370. The fraction of sp³-hybridized carbons (Fsp3) is 0.615. The third-order valence-corrected chi connectivity index (χ3v) is 3.26. The van der Waals surface area contributed by atoms with Crippen molar-refractivity contribution in [3.05, 3.63) is 23.8 Å². The molecule has 2 rings (SSSR count). The molecular weight excluding hydrogens is 200 g/mol. The predicted octanol–water partition coefficient (Wildman–Crippen LogP) is 2.94. The second kappa shape index (κ2) is 5.19. The number of aryl methyl sites for hydroxylation is 1. The van der Waals surface area contributed by atoms with E-state index in [4.69, 9.17) is 0 Å². The summed E-state index contributed by atoms with van der Waals surface area (Å²) < 4.78 is 0. The zero-order valence-electron chi connectivity index (χ0n) is 9.78. The minimum absolute atomic E-state index is 0.178. The van der Waals surface area contributed by atoms with Crippen LogP contribution in [0.15, 0.2) is 12.3 Å². The van der Waals surface area contributed by atoms with E-state index in [1.165, 1.54) is 32.1 Å². The van der Waals surface area contributed by atoms with E-state index in [9.17, 15) is 4.79 Å². The summed E-state index contributed by atoms with van der Waals surface area (Å²) in [6.07, 6.45) is 8.62. The van der Waals surface area contributed by atoms with Gasteiger partial charge in [-0.25, -0.2) is 9.97 Å². The number of carbonyl (C=O) groups excluding carboxylic acids is 1. The van der Waals surface area contributed by atoms with Crippen LogP contribution < -0.4 is 0 Å². The summed E-state index contributed by atoms with van der Waals surface area (Å²) in [5.41, 5.74) is 0.582. The van der Waals surface area contributed by atoms with Crippen LogP contribution in [0.3, 0.4) is 0 Å². The molecule has 1 aliphatic carbocycles. The van der Waals surface area contributed by atoms with Gasteiger partial charge in [0.15, 0.2) is 5.78 Å². The third-order valence-electron chi connectivity index (χ3n) is 3.26. The molecule has 1 fully saturated rings. The van der Waals surface area contributed by atoms with Gasteiger partial charge in [0.05, 0.1) is 0 Å². The second-order valence-corrected chi connectivity index (χ2v) is 4.62. The van der Waals surface area contributed by atoms with Crippen LogP contribution in [0.1, 0.15) is 54.8 Å². The predicted molar refractivity (Wildman–Crippen MR) is 62.3 cm³/mol. The van der Waals surface area contributed by atoms with E-state index < -0.39 is 0 Å². The van der Waals surface area contributed by atoms with Crippen molar-refractivity contribution >= 4 is 5.78 Å². The average Bonchev–Trinajstić information content (AvgIpc) is 2.30. The molecule has 0 saturated heterocycles. The van der Waals surface area contributed by atoms with Crippen molar-refractivity contribution in [3.8, 4) is 0 Å². The highest BCUT2D eigenvalue weighted by atomic mass is 16.1. The van der Waals surface area contributed by atoms with E-state index in [0.717, 1.165) is 0 Å². The topological polar surface area (TPSA) is 42.9 Å². The summed E-state index contributed by atoms with van der Waals surface area (Å²) in [5, 5.41) is 0. The Balaban J connectivity index is 1.97. The molecule has 1 aromatic rings. The maximum Gasteiger partial charge on any atom is 0.181 e. The molecule has 0 aliphatic heterocycles. The van der Waals surface area contributed by atoms with Crippen molar-refractivity contribution in [3.63, 3.8) is 0 Å². The van der Waals surface area contributed by atoms with Gasteiger partial charge >= 0.3 is 0 Å². The molecule has 86 valence electrons. The molecule has 1 heterocycles. The van der Waals surface area contributed by atoms with Crippen LogP contribution >= 0.6 is 0 Å². The molecule has 0 bridgehead atoms. The number of aromatic nitrogens is 2. The van der Waals surface area contributed by atoms with Gasteiger partial charge in [-0.05, 0) is 18.9 Å². The number of hydrogen-bond donors (Lipinski definition) is 0. The number of carbonyl (C=O) groups is 1. The first-order valence-corrected chi connectivity index (χ1v) is 6.08. The highest BCUT2D eigenvalue weighted by Gasteiger charge is 2.18. The first kappa shape index (κ1) is 11.2. The Morgan fingerprint density at radius 3 is 2.81 bits per heavy atom. The third kappa shape index (κ3) is 2.87. The molecule has 3 nitrogen and oxygen atoms in total. The highest BCUT2D eigenvalue weighted by Crippen LogP contribution is 2.27. The number of rotatable bonds is 3. The van der Waals surface area contributed by atoms with E-state index in [2.05, 4.69) is 9.97 Å². The van der Waals surface area contributed by atoms with Crippen LogP contribution in [0.25, 0.3) is 0 Å². The van der Waals surface area contributed by atoms with Gasteiger partial charge in [-0.15, -0.1) is 0 Å². The summed E-state index contributed by atoms with van der Waals surface area (Å²) in [6, 6.07) is 1.72. The minimum Gasteiger partial charge on any atom is -0.292 e. The lowest BCUT2D eigenvalue weighted by Crippen LogP contribution is -2.13. The van der Waals surface area contributed by atoms with Crippen molar-refractivity contribution < 1.29 is 4.79 Å². The van der Waals surface area contributed by atoms with Gasteiger partial charge in [0.1, 0.15) is 11.5 Å². The SMILES string of the molecule is Cc1nccc(C(=O)CC2CCCCC2)n1. The van der Waals surface area contributed by atoms with Crippen molar-refractivity contribution in [2.75, 3.05) is 0 Å². The smallest absolute Gasteiger partial charge is 0.181 e. The molecule has 0 N–H and O–H groups in total. The molecule has 0 spiro atoms. The standard InChI is InChI=1S/C13H18N2O/c1-10-14-8-7-12(15-10)13(16)9-11-5-3-2-4-6-11/h7-8,11H,2-6,9H2,1H3. The molecule has 0 amide bonds. The van der Waals surface area contributed by atoms with Crippen molar-refractivity contribution in [1.29, 1.82) is 0 Å². The number of ketones is 1. The molecule has 0 atom stereocenters. The van der Waals surface area contributed by atoms with E-state index in [1.807, 2.05) is 6.92 Å². The Morgan fingerprint density at radius 1 is 1.38 bits per heavy atom. The van der Waals surface area contributed by atoms with Crippen LogP contribution in [0.2, 0.25) is 0 Å². The monoisotopic (exact) mass is 218 g/mol. The van der Waals surface area contributed by atoms with Crippen LogP contribution in [0.5, 0.6) is 0 Å². The first-order valence-electron chi connectivity index (χ1n) is 6.08. The second-order valence-electron chi connectivity index (χ2n) is 4.62. The van der Waals surface area contributed by atoms with Gasteiger partial charge < -0.3 is 0 Å². The number of Topliss-reactive ketones (excluding diaryl/α,β-unsaturated/α-hetero) is 1. The fourth-order valence-electron chi connectivity index (χ4n) is 2.37. The van der Waals surface area contributed by atoms with E-state index in [0.29, 0.717) is 23.9 Å². The van der Waals surface area contributed by atoms with Gasteiger partial charge in [0.2, 0.25) is 0 Å². The summed E-state index contributed by atoms with van der Waals surface area (Å²) in [4.78, 5) is 20.2. The molecule has 16 heavy (non-hydrogen) atoms. The maximum absolute atomic E-state index is 12.0. The lowest BCUT2D eigenvalue weighted by Gasteiger charge is -2.20. The molecule has 0 radical (unpaired) electrons. The Labute approximate surface area is 96.3 Å². The van der Waals surface area contributed by atoms with Crippen molar-refractivity contribution in [2.24, 2.45) is 5.92 Å². The van der Waals surface area contributed by atoms with Crippen molar-refractivity contribution in [1.82, 2.24) is 9.97 Å². The Kier molecular flexibility index (Phi) is 3.65. The minimum atomic E-state index is 0.178. The highest BCUT2D eigenvalue weighted by molar-refractivity contribution is 5.94. The number of nitrogens with zero attached hydrogens (tertiary/aromatic N) is 2. The number of hydrogen-bond acceptors (Lipinski definition) is 3. The molecule has 1 aliphatic rings. The summed E-state index contributed by atoms with van der Waals surface area (Å²) in [7, 11) is 0. The molecular formula is C13H18N2O. The van der Waals surface area contributed by atoms with Crippen LogP contribution in [0, 0.1) is 12.8 Å². The van der Waals surface area contributed by atoms with Crippen molar-refractivity contribution in [2.45, 2.75) is 45.4 Å². The van der Waals surface area contributed by atoms with Gasteiger partial charge in [0, 0.05) is 12.6 Å². The summed E-state index contributed by atoms with van der Waals surface area (Å²) in [6.45, 7) is 1.82. The van der Waals surface area contributed by atoms with Gasteiger partial charge in [-0.1, -0.05) is 32.1 Å². The van der Waals surface area contributed by atoms with Gasteiger partial charge in [-0.2, -0.15) is 0 Å². The van der Waals surface area contributed by atoms with E-state index >= 15 is 0 Å².